The molecule has 0 aromatic carbocycles. The van der Waals surface area contributed by atoms with Crippen molar-refractivity contribution in [1.29, 1.82) is 0 Å². The quantitative estimate of drug-likeness (QED) is 0.633. The largest absolute Gasteiger partial charge is 0.428 e. The second-order valence-corrected chi connectivity index (χ2v) is 4.51. The standard InChI is InChI=1S/C5H6ClNO3S/c1-3-5(11(6,8)9)10-4(2)7-3/h1-2H3. The van der Waals surface area contributed by atoms with Gasteiger partial charge >= 0.3 is 0 Å². The van der Waals surface area contributed by atoms with Gasteiger partial charge in [0.2, 0.25) is 0 Å². The molecule has 0 aliphatic rings. The summed E-state index contributed by atoms with van der Waals surface area (Å²) in [6.45, 7) is 3.07. The minimum absolute atomic E-state index is 0.267. The number of aromatic nitrogens is 1. The number of rotatable bonds is 1. The Morgan fingerprint density at radius 2 is 2.00 bits per heavy atom. The molecular formula is C5H6ClNO3S. The topological polar surface area (TPSA) is 60.2 Å². The van der Waals surface area contributed by atoms with Crippen molar-refractivity contribution in [1.82, 2.24) is 4.98 Å². The van der Waals surface area contributed by atoms with Gasteiger partial charge in [0, 0.05) is 17.6 Å². The molecule has 0 fully saturated rings. The Morgan fingerprint density at radius 1 is 1.45 bits per heavy atom. The minimum atomic E-state index is -3.77. The molecule has 0 saturated heterocycles. The fourth-order valence-electron chi connectivity index (χ4n) is 0.739. The first-order chi connectivity index (χ1) is 4.91. The Morgan fingerprint density at radius 3 is 2.18 bits per heavy atom. The fourth-order valence-corrected chi connectivity index (χ4v) is 1.79. The molecule has 62 valence electrons. The van der Waals surface area contributed by atoms with Crippen LogP contribution in [0.1, 0.15) is 11.6 Å². The maximum absolute atomic E-state index is 10.7. The molecule has 0 atom stereocenters. The number of aryl methyl sites for hydroxylation is 2. The zero-order valence-electron chi connectivity index (χ0n) is 5.96. The molecule has 11 heavy (non-hydrogen) atoms. The Labute approximate surface area is 68.6 Å². The van der Waals surface area contributed by atoms with E-state index in [0.29, 0.717) is 5.89 Å². The summed E-state index contributed by atoms with van der Waals surface area (Å²) in [6.07, 6.45) is 0. The number of hydrogen-bond acceptors (Lipinski definition) is 4. The van der Waals surface area contributed by atoms with E-state index in [1.54, 1.807) is 6.92 Å². The van der Waals surface area contributed by atoms with Crippen molar-refractivity contribution in [2.45, 2.75) is 18.9 Å². The van der Waals surface area contributed by atoms with Crippen molar-refractivity contribution in [3.05, 3.63) is 11.6 Å². The van der Waals surface area contributed by atoms with E-state index >= 15 is 0 Å². The van der Waals surface area contributed by atoms with E-state index in [1.807, 2.05) is 0 Å². The van der Waals surface area contributed by atoms with Gasteiger partial charge in [-0.05, 0) is 6.92 Å². The fraction of sp³-hybridized carbons (Fsp3) is 0.400. The first-order valence-corrected chi connectivity index (χ1v) is 5.11. The van der Waals surface area contributed by atoms with Crippen LogP contribution in [0.3, 0.4) is 0 Å². The van der Waals surface area contributed by atoms with E-state index in [9.17, 15) is 8.42 Å². The van der Waals surface area contributed by atoms with E-state index in [0.717, 1.165) is 0 Å². The lowest BCUT2D eigenvalue weighted by Crippen LogP contribution is -1.89. The zero-order valence-corrected chi connectivity index (χ0v) is 7.53. The molecule has 1 aromatic heterocycles. The predicted octanol–water partition coefficient (Wildman–Crippen LogP) is 1.22. The Hall–Kier alpha value is -0.550. The molecule has 0 unspecified atom stereocenters. The average Bonchev–Trinajstić information content (AvgIpc) is 2.08. The molecular weight excluding hydrogens is 190 g/mol. The summed E-state index contributed by atoms with van der Waals surface area (Å²) in [4.78, 5) is 3.75. The van der Waals surface area contributed by atoms with Crippen LogP contribution >= 0.6 is 10.7 Å². The van der Waals surface area contributed by atoms with Gasteiger partial charge in [0.05, 0.1) is 5.69 Å². The van der Waals surface area contributed by atoms with Crippen molar-refractivity contribution in [3.63, 3.8) is 0 Å². The highest BCUT2D eigenvalue weighted by atomic mass is 35.7. The number of halogens is 1. The van der Waals surface area contributed by atoms with Gasteiger partial charge in [0.1, 0.15) is 0 Å². The third-order valence-electron chi connectivity index (χ3n) is 1.08. The molecule has 1 heterocycles. The SMILES string of the molecule is Cc1nc(C)c(S(=O)(=O)Cl)o1. The summed E-state index contributed by atoms with van der Waals surface area (Å²) in [6, 6.07) is 0. The lowest BCUT2D eigenvalue weighted by Gasteiger charge is -1.87. The Kier molecular flexibility index (Phi) is 1.94. The molecule has 4 nitrogen and oxygen atoms in total. The molecule has 0 bridgehead atoms. The molecule has 0 amide bonds. The van der Waals surface area contributed by atoms with Crippen LogP contribution < -0.4 is 0 Å². The van der Waals surface area contributed by atoms with E-state index < -0.39 is 9.05 Å². The molecule has 1 rings (SSSR count). The lowest BCUT2D eigenvalue weighted by atomic mass is 10.6. The van der Waals surface area contributed by atoms with Crippen LogP contribution in [0.4, 0.5) is 0 Å². The van der Waals surface area contributed by atoms with E-state index in [4.69, 9.17) is 15.1 Å². The molecule has 0 N–H and O–H groups in total. The van der Waals surface area contributed by atoms with Gasteiger partial charge in [-0.3, -0.25) is 0 Å². The van der Waals surface area contributed by atoms with Crippen LogP contribution in [-0.2, 0) is 9.05 Å². The van der Waals surface area contributed by atoms with Crippen molar-refractivity contribution in [3.8, 4) is 0 Å². The van der Waals surface area contributed by atoms with Gasteiger partial charge in [-0.1, -0.05) is 0 Å². The molecule has 6 heteroatoms. The maximum atomic E-state index is 10.7. The Bertz CT molecular complexity index is 367. The molecule has 0 saturated carbocycles. The van der Waals surface area contributed by atoms with Crippen molar-refractivity contribution >= 4 is 19.7 Å². The van der Waals surface area contributed by atoms with Crippen molar-refractivity contribution in [2.75, 3.05) is 0 Å². The van der Waals surface area contributed by atoms with E-state index in [-0.39, 0.29) is 10.8 Å². The molecule has 0 aliphatic heterocycles. The monoisotopic (exact) mass is 195 g/mol. The van der Waals surface area contributed by atoms with Gasteiger partial charge in [-0.15, -0.1) is 0 Å². The van der Waals surface area contributed by atoms with Crippen molar-refractivity contribution < 1.29 is 12.8 Å². The van der Waals surface area contributed by atoms with Crippen LogP contribution in [-0.4, -0.2) is 13.4 Å². The highest BCUT2D eigenvalue weighted by Crippen LogP contribution is 2.19. The van der Waals surface area contributed by atoms with Crippen LogP contribution in [0, 0.1) is 13.8 Å². The second-order valence-electron chi connectivity index (χ2n) is 2.04. The maximum Gasteiger partial charge on any atom is 0.296 e. The van der Waals surface area contributed by atoms with Gasteiger partial charge < -0.3 is 4.42 Å². The number of oxazole rings is 1. The van der Waals surface area contributed by atoms with E-state index in [1.165, 1.54) is 6.92 Å². The van der Waals surface area contributed by atoms with Crippen LogP contribution in [0.25, 0.3) is 0 Å². The highest BCUT2D eigenvalue weighted by Gasteiger charge is 2.19. The Balaban J connectivity index is 3.36. The first kappa shape index (κ1) is 8.55. The summed E-state index contributed by atoms with van der Waals surface area (Å²) in [5.74, 6) is 0.293. The second kappa shape index (κ2) is 2.49. The van der Waals surface area contributed by atoms with Gasteiger partial charge in [-0.2, -0.15) is 0 Å². The first-order valence-electron chi connectivity index (χ1n) is 2.80. The summed E-state index contributed by atoms with van der Waals surface area (Å²) < 4.78 is 26.1. The number of hydrogen-bond donors (Lipinski definition) is 0. The van der Waals surface area contributed by atoms with Crippen LogP contribution in [0.5, 0.6) is 0 Å². The summed E-state index contributed by atoms with van der Waals surface area (Å²) >= 11 is 0. The smallest absolute Gasteiger partial charge is 0.296 e. The molecule has 1 aromatic rings. The summed E-state index contributed by atoms with van der Waals surface area (Å²) in [5, 5.41) is -0.267. The third kappa shape index (κ3) is 1.72. The van der Waals surface area contributed by atoms with Crippen LogP contribution in [0.2, 0.25) is 0 Å². The van der Waals surface area contributed by atoms with Crippen molar-refractivity contribution in [2.24, 2.45) is 0 Å². The average molecular weight is 196 g/mol. The predicted molar refractivity (Wildman–Crippen MR) is 39.0 cm³/mol. The molecule has 0 spiro atoms. The zero-order chi connectivity index (χ0) is 8.65. The third-order valence-corrected chi connectivity index (χ3v) is 2.32. The van der Waals surface area contributed by atoms with Gasteiger partial charge in [0.15, 0.2) is 5.89 Å². The molecule has 0 radical (unpaired) electrons. The van der Waals surface area contributed by atoms with Gasteiger partial charge in [0.25, 0.3) is 14.1 Å². The minimum Gasteiger partial charge on any atom is -0.428 e. The summed E-state index contributed by atoms with van der Waals surface area (Å²) in [5.41, 5.74) is 0.289. The van der Waals surface area contributed by atoms with Gasteiger partial charge in [-0.25, -0.2) is 13.4 Å². The number of nitrogens with zero attached hydrogens (tertiary/aromatic N) is 1. The normalized spacial score (nSPS) is 11.9. The van der Waals surface area contributed by atoms with Crippen LogP contribution in [0.15, 0.2) is 9.51 Å². The molecule has 0 aliphatic carbocycles. The lowest BCUT2D eigenvalue weighted by molar-refractivity contribution is 0.425. The van der Waals surface area contributed by atoms with E-state index in [2.05, 4.69) is 4.98 Å². The summed E-state index contributed by atoms with van der Waals surface area (Å²) in [7, 11) is 1.25. The highest BCUT2D eigenvalue weighted by molar-refractivity contribution is 8.13.